The molecule has 2 heterocycles. The van der Waals surface area contributed by atoms with E-state index in [0.29, 0.717) is 12.2 Å². The molecule has 0 radical (unpaired) electrons. The first kappa shape index (κ1) is 15.2. The van der Waals surface area contributed by atoms with Crippen molar-refractivity contribution in [3.8, 4) is 0 Å². The van der Waals surface area contributed by atoms with Crippen LogP contribution in [-0.2, 0) is 9.53 Å². The molecular formula is C14H19N3O4. The highest BCUT2D eigenvalue weighted by molar-refractivity contribution is 5.90. The number of pyridine rings is 1. The van der Waals surface area contributed by atoms with Gasteiger partial charge in [0.15, 0.2) is 0 Å². The fourth-order valence-electron chi connectivity index (χ4n) is 2.43. The number of rotatable bonds is 4. The van der Waals surface area contributed by atoms with E-state index in [1.807, 2.05) is 13.8 Å². The van der Waals surface area contributed by atoms with Gasteiger partial charge >= 0.3 is 12.0 Å². The van der Waals surface area contributed by atoms with Gasteiger partial charge in [-0.05, 0) is 25.5 Å². The molecule has 1 aliphatic heterocycles. The first-order valence-electron chi connectivity index (χ1n) is 6.82. The van der Waals surface area contributed by atoms with Crippen molar-refractivity contribution in [2.75, 3.05) is 25.1 Å². The fourth-order valence-corrected chi connectivity index (χ4v) is 2.43. The number of aromatic nitrogens is 1. The van der Waals surface area contributed by atoms with Crippen LogP contribution < -0.4 is 5.32 Å². The van der Waals surface area contributed by atoms with Crippen LogP contribution in [0.5, 0.6) is 0 Å². The monoisotopic (exact) mass is 293 g/mol. The fraction of sp³-hybridized carbons (Fsp3) is 0.500. The van der Waals surface area contributed by atoms with Gasteiger partial charge in [0.1, 0.15) is 5.92 Å². The standard InChI is InChI=1S/C14H19N3O4/c1-3-17(12-8-21-7-11(12)13(18)19)14(20)16-10-4-9(2)5-15-6-10/h4-6,11-12H,3,7-8H2,1-2H3,(H,16,20)(H,18,19). The maximum absolute atomic E-state index is 12.3. The van der Waals surface area contributed by atoms with E-state index in [0.717, 1.165) is 5.56 Å². The van der Waals surface area contributed by atoms with Crippen LogP contribution in [0.25, 0.3) is 0 Å². The van der Waals surface area contributed by atoms with Crippen molar-refractivity contribution in [2.45, 2.75) is 19.9 Å². The summed E-state index contributed by atoms with van der Waals surface area (Å²) in [5.41, 5.74) is 1.52. The van der Waals surface area contributed by atoms with Crippen LogP contribution in [0.3, 0.4) is 0 Å². The second-order valence-corrected chi connectivity index (χ2v) is 5.02. The Morgan fingerprint density at radius 1 is 1.48 bits per heavy atom. The molecule has 2 atom stereocenters. The van der Waals surface area contributed by atoms with E-state index >= 15 is 0 Å². The minimum absolute atomic E-state index is 0.135. The summed E-state index contributed by atoms with van der Waals surface area (Å²) in [4.78, 5) is 29.1. The minimum atomic E-state index is -0.944. The van der Waals surface area contributed by atoms with Crippen LogP contribution in [0, 0.1) is 12.8 Å². The van der Waals surface area contributed by atoms with E-state index in [1.165, 1.54) is 4.90 Å². The molecule has 0 aromatic carbocycles. The quantitative estimate of drug-likeness (QED) is 0.874. The van der Waals surface area contributed by atoms with Crippen LogP contribution >= 0.6 is 0 Å². The first-order valence-corrected chi connectivity index (χ1v) is 6.82. The van der Waals surface area contributed by atoms with E-state index < -0.39 is 17.9 Å². The number of ether oxygens (including phenoxy) is 1. The van der Waals surface area contributed by atoms with Crippen molar-refractivity contribution in [1.29, 1.82) is 0 Å². The number of carbonyl (C=O) groups is 2. The SMILES string of the molecule is CCN(C(=O)Nc1cncc(C)c1)C1COCC1C(=O)O. The van der Waals surface area contributed by atoms with Crippen molar-refractivity contribution in [3.63, 3.8) is 0 Å². The second kappa shape index (κ2) is 6.53. The van der Waals surface area contributed by atoms with Crippen LogP contribution in [0.15, 0.2) is 18.5 Å². The summed E-state index contributed by atoms with van der Waals surface area (Å²) in [6, 6.07) is 1.01. The lowest BCUT2D eigenvalue weighted by atomic mass is 10.0. The molecule has 2 rings (SSSR count). The summed E-state index contributed by atoms with van der Waals surface area (Å²) in [5, 5.41) is 11.9. The van der Waals surface area contributed by atoms with E-state index in [4.69, 9.17) is 4.74 Å². The number of urea groups is 1. The van der Waals surface area contributed by atoms with Crippen LogP contribution in [-0.4, -0.2) is 52.8 Å². The van der Waals surface area contributed by atoms with Crippen molar-refractivity contribution in [1.82, 2.24) is 9.88 Å². The van der Waals surface area contributed by atoms with Gasteiger partial charge in [-0.3, -0.25) is 9.78 Å². The zero-order valence-corrected chi connectivity index (χ0v) is 12.1. The molecule has 0 bridgehead atoms. The predicted octanol–water partition coefficient (Wildman–Crippen LogP) is 1.34. The largest absolute Gasteiger partial charge is 0.481 e. The summed E-state index contributed by atoms with van der Waals surface area (Å²) >= 11 is 0. The van der Waals surface area contributed by atoms with Crippen molar-refractivity contribution >= 4 is 17.7 Å². The Balaban J connectivity index is 2.10. The van der Waals surface area contributed by atoms with E-state index in [-0.39, 0.29) is 19.2 Å². The average molecular weight is 293 g/mol. The van der Waals surface area contributed by atoms with Gasteiger partial charge in [0.05, 0.1) is 31.1 Å². The number of carbonyl (C=O) groups excluding carboxylic acids is 1. The number of aliphatic carboxylic acids is 1. The molecule has 0 aliphatic carbocycles. The van der Waals surface area contributed by atoms with E-state index in [2.05, 4.69) is 10.3 Å². The van der Waals surface area contributed by atoms with Gasteiger partial charge in [-0.2, -0.15) is 0 Å². The number of carboxylic acid groups (broad SMARTS) is 1. The third kappa shape index (κ3) is 3.49. The maximum Gasteiger partial charge on any atom is 0.322 e. The highest BCUT2D eigenvalue weighted by atomic mass is 16.5. The Hall–Kier alpha value is -2.15. The lowest BCUT2D eigenvalue weighted by Gasteiger charge is -2.29. The van der Waals surface area contributed by atoms with Gasteiger partial charge in [0.25, 0.3) is 0 Å². The molecular weight excluding hydrogens is 274 g/mol. The third-order valence-corrected chi connectivity index (χ3v) is 3.50. The summed E-state index contributed by atoms with van der Waals surface area (Å²) < 4.78 is 5.22. The van der Waals surface area contributed by atoms with Gasteiger partial charge in [-0.1, -0.05) is 0 Å². The lowest BCUT2D eigenvalue weighted by molar-refractivity contribution is -0.142. The highest BCUT2D eigenvalue weighted by Crippen LogP contribution is 2.21. The lowest BCUT2D eigenvalue weighted by Crippen LogP contribution is -2.48. The highest BCUT2D eigenvalue weighted by Gasteiger charge is 2.39. The molecule has 2 unspecified atom stereocenters. The van der Waals surface area contributed by atoms with Gasteiger partial charge in [-0.15, -0.1) is 0 Å². The van der Waals surface area contributed by atoms with Crippen LogP contribution in [0.4, 0.5) is 10.5 Å². The van der Waals surface area contributed by atoms with Gasteiger partial charge in [0, 0.05) is 12.7 Å². The minimum Gasteiger partial charge on any atom is -0.481 e. The van der Waals surface area contributed by atoms with Crippen molar-refractivity contribution in [2.24, 2.45) is 5.92 Å². The topological polar surface area (TPSA) is 91.8 Å². The Bertz CT molecular complexity index is 535. The zero-order chi connectivity index (χ0) is 15.4. The summed E-state index contributed by atoms with van der Waals surface area (Å²) in [5.74, 6) is -1.63. The van der Waals surface area contributed by atoms with Crippen molar-refractivity contribution in [3.05, 3.63) is 24.0 Å². The molecule has 21 heavy (non-hydrogen) atoms. The molecule has 1 aromatic rings. The number of nitrogens with one attached hydrogen (secondary N) is 1. The number of carboxylic acids is 1. The second-order valence-electron chi connectivity index (χ2n) is 5.02. The molecule has 1 aliphatic rings. The molecule has 7 heteroatoms. The normalized spacial score (nSPS) is 21.0. The Morgan fingerprint density at radius 2 is 2.24 bits per heavy atom. The van der Waals surface area contributed by atoms with Gasteiger partial charge in [-0.25, -0.2) is 4.79 Å². The molecule has 1 aromatic heterocycles. The summed E-state index contributed by atoms with van der Waals surface area (Å²) in [6.45, 7) is 4.47. The molecule has 114 valence electrons. The number of nitrogens with zero attached hydrogens (tertiary/aromatic N) is 2. The number of amides is 2. The third-order valence-electron chi connectivity index (χ3n) is 3.50. The summed E-state index contributed by atoms with van der Waals surface area (Å²) in [7, 11) is 0. The van der Waals surface area contributed by atoms with E-state index in [9.17, 15) is 14.7 Å². The number of anilines is 1. The maximum atomic E-state index is 12.3. The van der Waals surface area contributed by atoms with Gasteiger partial charge < -0.3 is 20.1 Å². The molecule has 2 amide bonds. The number of aryl methyl sites for hydroxylation is 1. The molecule has 2 N–H and O–H groups in total. The van der Waals surface area contributed by atoms with Gasteiger partial charge in [0.2, 0.25) is 0 Å². The average Bonchev–Trinajstić information content (AvgIpc) is 2.89. The molecule has 7 nitrogen and oxygen atoms in total. The molecule has 0 spiro atoms. The molecule has 0 saturated carbocycles. The van der Waals surface area contributed by atoms with E-state index in [1.54, 1.807) is 18.5 Å². The molecule has 1 fully saturated rings. The Kier molecular flexibility index (Phi) is 4.74. The number of hydrogen-bond donors (Lipinski definition) is 2. The number of likely N-dealkylation sites (N-methyl/N-ethyl adjacent to an activating group) is 1. The smallest absolute Gasteiger partial charge is 0.322 e. The zero-order valence-electron chi connectivity index (χ0n) is 12.1. The predicted molar refractivity (Wildman–Crippen MR) is 76.1 cm³/mol. The number of hydrogen-bond acceptors (Lipinski definition) is 4. The van der Waals surface area contributed by atoms with Crippen molar-refractivity contribution < 1.29 is 19.4 Å². The Morgan fingerprint density at radius 3 is 2.86 bits per heavy atom. The first-order chi connectivity index (χ1) is 10.0. The summed E-state index contributed by atoms with van der Waals surface area (Å²) in [6.07, 6.45) is 3.25. The van der Waals surface area contributed by atoms with Crippen LogP contribution in [0.2, 0.25) is 0 Å². The van der Waals surface area contributed by atoms with Crippen LogP contribution in [0.1, 0.15) is 12.5 Å². The molecule has 1 saturated heterocycles. The Labute approximate surface area is 122 Å².